The fourth-order valence-corrected chi connectivity index (χ4v) is 13.4. The van der Waals surface area contributed by atoms with Gasteiger partial charge in [0.1, 0.15) is 66.0 Å². The van der Waals surface area contributed by atoms with Gasteiger partial charge in [-0.3, -0.25) is 67.3 Å². The Morgan fingerprint density at radius 3 is 1.86 bits per heavy atom. The van der Waals surface area contributed by atoms with E-state index in [-0.39, 0.29) is 108 Å². The van der Waals surface area contributed by atoms with Crippen molar-refractivity contribution in [2.24, 2.45) is 34.6 Å². The molecule has 3 heterocycles. The van der Waals surface area contributed by atoms with Gasteiger partial charge >= 0.3 is 12.0 Å². The highest BCUT2D eigenvalue weighted by molar-refractivity contribution is 7.99. The molecule has 0 spiro atoms. The number of aliphatic hydroxyl groups is 2. The first-order valence-corrected chi connectivity index (χ1v) is 40.3. The predicted molar refractivity (Wildman–Crippen MR) is 443 cm³/mol. The monoisotopic (exact) mass is 1670 g/mol. The number of aromatic nitrogens is 3. The molecule has 0 unspecified atom stereocenters. The maximum Gasteiger partial charge on any atom is 0.345 e. The Kier molecular flexibility index (Phi) is 38.9. The lowest BCUT2D eigenvalue weighted by Gasteiger charge is -2.28. The van der Waals surface area contributed by atoms with Crippen molar-refractivity contribution in [3.8, 4) is 0 Å². The Balaban J connectivity index is 1.31. The summed E-state index contributed by atoms with van der Waals surface area (Å²) in [6, 6.07) is 9.66. The van der Waals surface area contributed by atoms with Gasteiger partial charge in [0.15, 0.2) is 0 Å². The van der Waals surface area contributed by atoms with Crippen molar-refractivity contribution in [1.82, 2.24) is 83.5 Å². The van der Waals surface area contributed by atoms with E-state index in [9.17, 15) is 72.5 Å². The lowest BCUT2D eigenvalue weighted by Crippen LogP contribution is -2.61. The van der Waals surface area contributed by atoms with E-state index in [1.807, 2.05) is 0 Å². The van der Waals surface area contributed by atoms with Crippen molar-refractivity contribution < 1.29 is 82.1 Å². The van der Waals surface area contributed by atoms with E-state index >= 15 is 4.79 Å². The maximum atomic E-state index is 15.3. The molecule has 119 heavy (non-hydrogen) atoms. The molecule has 648 valence electrons. The number of carbonyl (C=O) groups is 14. The summed E-state index contributed by atoms with van der Waals surface area (Å²) in [5.74, 6) is -11.7. The molecule has 1 aliphatic rings. The van der Waals surface area contributed by atoms with E-state index in [1.165, 1.54) is 30.6 Å². The van der Waals surface area contributed by atoms with Crippen molar-refractivity contribution in [1.29, 1.82) is 0 Å². The van der Waals surface area contributed by atoms with Crippen LogP contribution in [0.25, 0.3) is 23.1 Å². The van der Waals surface area contributed by atoms with Gasteiger partial charge < -0.3 is 112 Å². The number of hydrogen-bond acceptors (Lipinski definition) is 25. The molecule has 0 bridgehead atoms. The molecule has 1 aliphatic heterocycles. The smallest absolute Gasteiger partial charge is 0.345 e. The van der Waals surface area contributed by atoms with Crippen LogP contribution in [0.5, 0.6) is 0 Å². The van der Waals surface area contributed by atoms with E-state index in [0.29, 0.717) is 37.7 Å². The normalized spacial score (nSPS) is 19.5. The number of nitrogens with zero attached hydrogens (tertiary/aromatic N) is 4. The average Bonchev–Trinajstić information content (AvgIpc) is 1.63. The highest BCUT2D eigenvalue weighted by atomic mass is 32.2. The fourth-order valence-electron chi connectivity index (χ4n) is 12.4. The van der Waals surface area contributed by atoms with E-state index in [1.54, 1.807) is 144 Å². The number of pyridine rings is 1. The average molecular weight is 1670 g/mol. The van der Waals surface area contributed by atoms with Gasteiger partial charge in [0.05, 0.1) is 34.7 Å². The zero-order valence-electron chi connectivity index (χ0n) is 68.2. The Labute approximate surface area is 694 Å². The van der Waals surface area contributed by atoms with Gasteiger partial charge in [0.2, 0.25) is 65.0 Å². The number of nitrogens with two attached hydrogens (primary N) is 5. The van der Waals surface area contributed by atoms with Gasteiger partial charge in [0, 0.05) is 73.9 Å². The molecule has 38 nitrogen and oxygen atoms in total. The van der Waals surface area contributed by atoms with Gasteiger partial charge in [-0.1, -0.05) is 74.1 Å². The van der Waals surface area contributed by atoms with Crippen LogP contribution >= 0.6 is 11.8 Å². The highest BCUT2D eigenvalue weighted by Gasteiger charge is 2.38. The van der Waals surface area contributed by atoms with Crippen LogP contribution in [0.2, 0.25) is 0 Å². The first-order chi connectivity index (χ1) is 56.6. The summed E-state index contributed by atoms with van der Waals surface area (Å²) in [5, 5.41) is 58.4. The van der Waals surface area contributed by atoms with Gasteiger partial charge in [0.25, 0.3) is 5.91 Å². The number of nitrogens with one attached hydrogen (secondary N) is 12. The summed E-state index contributed by atoms with van der Waals surface area (Å²) < 4.78 is 6.48. The Morgan fingerprint density at radius 1 is 0.664 bits per heavy atom. The number of hydrogen-bond donors (Lipinski definition) is 19. The molecular weight excluding hydrogens is 1560 g/mol. The van der Waals surface area contributed by atoms with Crippen LogP contribution < -0.4 is 92.5 Å². The molecule has 1 fully saturated rings. The third kappa shape index (κ3) is 30.8. The molecule has 0 aliphatic carbocycles. The van der Waals surface area contributed by atoms with Gasteiger partial charge in [-0.2, -0.15) is 9.78 Å². The second kappa shape index (κ2) is 47.9. The third-order valence-electron chi connectivity index (χ3n) is 18.6. The van der Waals surface area contributed by atoms with Crippen molar-refractivity contribution in [3.63, 3.8) is 0 Å². The number of esters is 1. The first kappa shape index (κ1) is 96.5. The Morgan fingerprint density at radius 2 is 1.26 bits per heavy atom. The predicted octanol–water partition coefficient (Wildman–Crippen LogP) is -2.33. The molecule has 6 rings (SSSR count). The van der Waals surface area contributed by atoms with Crippen LogP contribution in [-0.2, 0) is 68.7 Å². The number of aliphatic hydroxyl groups excluding tert-OH is 2. The summed E-state index contributed by atoms with van der Waals surface area (Å²) in [7, 11) is 1.50. The van der Waals surface area contributed by atoms with Crippen LogP contribution in [0.4, 0.5) is 4.79 Å². The molecule has 24 N–H and O–H groups in total. The van der Waals surface area contributed by atoms with Crippen molar-refractivity contribution >= 4 is 118 Å². The molecule has 39 heteroatoms. The SMILES string of the molecule is CNC(=O)c1ccccc1Sc1ccc2c(/C=C/c3ccccn3)nn(C(=O)N(CCNC(=O)CC[C@H](N)C(=O)OC(C)(C)C)CCC(=O)N[C@H](C(=O)N[C@@H](CCN)C(=O)N[C@H]3CCNC(=O)[C@H]([C@@H](C)O)NC(=O)[C@H](CCN)NC(=O)[C@H](CCN)NC(=O)[C@H](CC(C)C)NC(=O)[C@@H](Cc4ccccc4)NC(=O)[C@H](CCN)NC3=O)[C@@H](C)O)c2c1. The zero-order valence-corrected chi connectivity index (χ0v) is 69.0. The standard InChI is InChI=1S/C80H115N21O17S/c1-45(2)42-60-74(112)92-55(27-33-81)69(107)91-58(30-36-84)73(111)98-66(46(3)102)76(114)89-38-31-59(72(110)90-56(28-34-82)71(109)96-61(75(113)95-60)43-48-16-10-9-11-17-48)93-70(108)57(29-35-83)94-77(115)67(47(4)103)97-65(105)32-40-100(41-39-88-64(104)26-24-53(85)78(116)118-80(5,6)7)79(117)101-62-44-50(119-63-20-13-12-19-52(63)68(106)86-8)22-23-51(62)54(99-101)25-21-49-18-14-15-37-87-49/h9-23,25,37,44-47,53,55-61,66-67,102-103H,24,26-36,38-43,81-85H2,1-8H3,(H,86,106)(H,88,104)(H,89,114)(H,90,110)(H,91,107)(H,92,112)(H,93,108)(H,94,115)(H,95,113)(H,96,109)(H,97,105)(H,98,111)/b25-21+/t46-,47-,53+,55+,56+,57+,58+,59+,60+,61-,66+,67+/m1/s1. The van der Waals surface area contributed by atoms with E-state index in [2.05, 4.69) is 68.8 Å². The van der Waals surface area contributed by atoms with E-state index in [4.69, 9.17) is 38.5 Å². The summed E-state index contributed by atoms with van der Waals surface area (Å²) >= 11 is 1.24. The number of rotatable bonds is 34. The van der Waals surface area contributed by atoms with Crippen LogP contribution in [0.1, 0.15) is 134 Å². The van der Waals surface area contributed by atoms with Crippen molar-refractivity contribution in [2.45, 2.75) is 201 Å². The van der Waals surface area contributed by atoms with Crippen LogP contribution in [0.15, 0.2) is 107 Å². The zero-order chi connectivity index (χ0) is 87.6. The number of fused-ring (bicyclic) bond motifs is 1. The van der Waals surface area contributed by atoms with Gasteiger partial charge in [-0.05, 0) is 172 Å². The molecule has 1 saturated heterocycles. The van der Waals surface area contributed by atoms with Gasteiger partial charge in [-0.25, -0.2) is 4.79 Å². The number of carbonyl (C=O) groups excluding carboxylic acids is 14. The minimum absolute atomic E-state index is 0.0101. The first-order valence-electron chi connectivity index (χ1n) is 39.4. The summed E-state index contributed by atoms with van der Waals surface area (Å²) in [4.78, 5) is 205. The minimum Gasteiger partial charge on any atom is -0.459 e. The maximum absolute atomic E-state index is 15.3. The van der Waals surface area contributed by atoms with Crippen LogP contribution in [0, 0.1) is 5.92 Å². The quantitative estimate of drug-likeness (QED) is 0.0192. The topological polar surface area (TPSA) is 597 Å². The van der Waals surface area contributed by atoms with E-state index < -0.39 is 181 Å². The molecule has 5 aromatic rings. The highest BCUT2D eigenvalue weighted by Crippen LogP contribution is 2.34. The Bertz CT molecular complexity index is 4340. The summed E-state index contributed by atoms with van der Waals surface area (Å²) in [6.07, 6.45) is -0.999. The molecule has 12 atom stereocenters. The second-order valence-corrected chi connectivity index (χ2v) is 31.1. The molecule has 0 radical (unpaired) electrons. The molecular formula is C80H115N21O17S. The van der Waals surface area contributed by atoms with Crippen molar-refractivity contribution in [3.05, 3.63) is 120 Å². The summed E-state index contributed by atoms with van der Waals surface area (Å²) in [5.41, 5.74) is 31.2. The van der Waals surface area contributed by atoms with Gasteiger partial charge in [-0.15, -0.1) is 0 Å². The largest absolute Gasteiger partial charge is 0.459 e. The molecule has 13 amide bonds. The number of ether oxygens (including phenoxy) is 1. The number of amides is 13. The fraction of sp³-hybridized carbons (Fsp3) is 0.500. The molecule has 0 saturated carbocycles. The van der Waals surface area contributed by atoms with Crippen LogP contribution in [0.3, 0.4) is 0 Å². The Hall–Kier alpha value is -11.3. The summed E-state index contributed by atoms with van der Waals surface area (Å²) in [6.45, 7) is 8.54. The van der Waals surface area contributed by atoms with Crippen LogP contribution in [-0.4, -0.2) is 250 Å². The van der Waals surface area contributed by atoms with Crippen molar-refractivity contribution in [2.75, 3.05) is 59.4 Å². The lowest BCUT2D eigenvalue weighted by atomic mass is 10.00. The lowest BCUT2D eigenvalue weighted by molar-refractivity contribution is -0.156. The third-order valence-corrected chi connectivity index (χ3v) is 19.7. The molecule has 3 aromatic carbocycles. The van der Waals surface area contributed by atoms with E-state index in [0.717, 1.165) is 11.6 Å². The second-order valence-electron chi connectivity index (χ2n) is 29.9. The molecule has 2 aromatic heterocycles. The minimum atomic E-state index is -1.85. The number of benzene rings is 3.